The zero-order chi connectivity index (χ0) is 10.4. The van der Waals surface area contributed by atoms with Crippen LogP contribution >= 0.6 is 0 Å². The van der Waals surface area contributed by atoms with Crippen molar-refractivity contribution in [1.29, 1.82) is 0 Å². The minimum Gasteiger partial charge on any atom is -0.489 e. The summed E-state index contributed by atoms with van der Waals surface area (Å²) in [7, 11) is 1.94. The van der Waals surface area contributed by atoms with Gasteiger partial charge in [-0.05, 0) is 33.0 Å². The topological polar surface area (TPSA) is 34.1 Å². The van der Waals surface area contributed by atoms with E-state index in [2.05, 4.69) is 10.3 Å². The fourth-order valence-electron chi connectivity index (χ4n) is 1.15. The minimum absolute atomic E-state index is 0.208. The van der Waals surface area contributed by atoms with E-state index in [0.29, 0.717) is 0 Å². The van der Waals surface area contributed by atoms with Gasteiger partial charge in [-0.2, -0.15) is 0 Å². The molecule has 1 aromatic heterocycles. The number of nitrogens with one attached hydrogen (secondary N) is 1. The lowest BCUT2D eigenvalue weighted by molar-refractivity contribution is 0.241. The highest BCUT2D eigenvalue weighted by Crippen LogP contribution is 2.10. The van der Waals surface area contributed by atoms with Crippen LogP contribution in [0.25, 0.3) is 0 Å². The Labute approximate surface area is 85.5 Å². The number of hydrogen-bond acceptors (Lipinski definition) is 3. The van der Waals surface area contributed by atoms with Crippen LogP contribution in [0.4, 0.5) is 0 Å². The number of pyridine rings is 1. The van der Waals surface area contributed by atoms with Crippen molar-refractivity contribution in [3.05, 3.63) is 24.0 Å². The van der Waals surface area contributed by atoms with Crippen molar-refractivity contribution in [2.75, 3.05) is 13.6 Å². The Bertz CT molecular complexity index is 256. The molecule has 0 unspecified atom stereocenters. The maximum atomic E-state index is 5.50. The highest BCUT2D eigenvalue weighted by Gasteiger charge is 1.98. The van der Waals surface area contributed by atoms with Crippen LogP contribution in [0, 0.1) is 0 Å². The van der Waals surface area contributed by atoms with Crippen LogP contribution in [0.3, 0.4) is 0 Å². The van der Waals surface area contributed by atoms with Crippen molar-refractivity contribution in [2.45, 2.75) is 26.4 Å². The zero-order valence-corrected chi connectivity index (χ0v) is 9.08. The normalized spacial score (nSPS) is 10.6. The molecular weight excluding hydrogens is 176 g/mol. The van der Waals surface area contributed by atoms with E-state index in [1.54, 1.807) is 6.20 Å². The molecule has 1 rings (SSSR count). The Morgan fingerprint density at radius 3 is 2.71 bits per heavy atom. The standard InChI is InChI=1S/C11H18N2O/c1-9(2)14-11-5-4-10(13-8-11)6-7-12-3/h4-5,8-9,12H,6-7H2,1-3H3. The van der Waals surface area contributed by atoms with E-state index >= 15 is 0 Å². The van der Waals surface area contributed by atoms with Gasteiger partial charge in [0.05, 0.1) is 12.3 Å². The summed E-state index contributed by atoms with van der Waals surface area (Å²) in [6.07, 6.45) is 2.95. The van der Waals surface area contributed by atoms with Crippen LogP contribution in [-0.4, -0.2) is 24.7 Å². The summed E-state index contributed by atoms with van der Waals surface area (Å²) >= 11 is 0. The first-order valence-electron chi connectivity index (χ1n) is 4.98. The predicted octanol–water partition coefficient (Wildman–Crippen LogP) is 1.63. The van der Waals surface area contributed by atoms with Crippen LogP contribution in [0.2, 0.25) is 0 Å². The van der Waals surface area contributed by atoms with Crippen molar-refractivity contribution < 1.29 is 4.74 Å². The Kier molecular flexibility index (Phi) is 4.40. The molecule has 1 aromatic rings. The molecular formula is C11H18N2O. The first kappa shape index (κ1) is 11.0. The second-order valence-electron chi connectivity index (χ2n) is 3.51. The Morgan fingerprint density at radius 1 is 1.43 bits per heavy atom. The molecule has 0 aliphatic carbocycles. The molecule has 1 N–H and O–H groups in total. The second kappa shape index (κ2) is 5.60. The fourth-order valence-corrected chi connectivity index (χ4v) is 1.15. The van der Waals surface area contributed by atoms with Gasteiger partial charge in [0.15, 0.2) is 0 Å². The van der Waals surface area contributed by atoms with E-state index in [-0.39, 0.29) is 6.10 Å². The molecule has 1 heterocycles. The smallest absolute Gasteiger partial charge is 0.137 e. The van der Waals surface area contributed by atoms with Crippen molar-refractivity contribution in [3.8, 4) is 5.75 Å². The molecule has 0 aliphatic rings. The molecule has 78 valence electrons. The molecule has 0 atom stereocenters. The summed E-state index contributed by atoms with van der Waals surface area (Å²) in [6, 6.07) is 3.98. The van der Waals surface area contributed by atoms with Gasteiger partial charge < -0.3 is 10.1 Å². The van der Waals surface area contributed by atoms with Crippen LogP contribution in [0.15, 0.2) is 18.3 Å². The van der Waals surface area contributed by atoms with Crippen molar-refractivity contribution >= 4 is 0 Å². The highest BCUT2D eigenvalue weighted by molar-refractivity contribution is 5.20. The van der Waals surface area contributed by atoms with Crippen LogP contribution in [-0.2, 0) is 6.42 Å². The van der Waals surface area contributed by atoms with Gasteiger partial charge in [-0.25, -0.2) is 0 Å². The van der Waals surface area contributed by atoms with Gasteiger partial charge in [-0.1, -0.05) is 0 Å². The van der Waals surface area contributed by atoms with Crippen molar-refractivity contribution in [2.24, 2.45) is 0 Å². The Balaban J connectivity index is 2.50. The molecule has 0 radical (unpaired) electrons. The van der Waals surface area contributed by atoms with E-state index in [1.165, 1.54) is 0 Å². The molecule has 0 amide bonds. The third kappa shape index (κ3) is 3.75. The van der Waals surface area contributed by atoms with Gasteiger partial charge in [0.2, 0.25) is 0 Å². The lowest BCUT2D eigenvalue weighted by Gasteiger charge is -2.09. The van der Waals surface area contributed by atoms with Gasteiger partial charge in [0.25, 0.3) is 0 Å². The Hall–Kier alpha value is -1.09. The van der Waals surface area contributed by atoms with Crippen LogP contribution in [0.5, 0.6) is 5.75 Å². The summed E-state index contributed by atoms with van der Waals surface area (Å²) in [5.41, 5.74) is 1.09. The molecule has 3 nitrogen and oxygen atoms in total. The zero-order valence-electron chi connectivity index (χ0n) is 9.08. The SMILES string of the molecule is CNCCc1ccc(OC(C)C)cn1. The fraction of sp³-hybridized carbons (Fsp3) is 0.545. The molecule has 0 aliphatic heterocycles. The second-order valence-corrected chi connectivity index (χ2v) is 3.51. The Morgan fingerprint density at radius 2 is 2.21 bits per heavy atom. The lowest BCUT2D eigenvalue weighted by Crippen LogP contribution is -2.11. The molecule has 14 heavy (non-hydrogen) atoms. The third-order valence-electron chi connectivity index (χ3n) is 1.80. The van der Waals surface area contributed by atoms with Crippen molar-refractivity contribution in [3.63, 3.8) is 0 Å². The maximum Gasteiger partial charge on any atom is 0.137 e. The van der Waals surface area contributed by atoms with E-state index in [9.17, 15) is 0 Å². The first-order chi connectivity index (χ1) is 6.72. The van der Waals surface area contributed by atoms with Gasteiger partial charge in [0.1, 0.15) is 5.75 Å². The molecule has 0 spiro atoms. The number of nitrogens with zero attached hydrogens (tertiary/aromatic N) is 1. The van der Waals surface area contributed by atoms with Gasteiger partial charge in [-0.15, -0.1) is 0 Å². The summed E-state index contributed by atoms with van der Waals surface area (Å²) in [5.74, 6) is 0.841. The average Bonchev–Trinajstić information content (AvgIpc) is 2.16. The number of ether oxygens (including phenoxy) is 1. The molecule has 0 saturated carbocycles. The monoisotopic (exact) mass is 194 g/mol. The highest BCUT2D eigenvalue weighted by atomic mass is 16.5. The first-order valence-corrected chi connectivity index (χ1v) is 4.98. The average molecular weight is 194 g/mol. The number of aromatic nitrogens is 1. The van der Waals surface area contributed by atoms with E-state index in [1.807, 2.05) is 33.0 Å². The molecule has 3 heteroatoms. The predicted molar refractivity (Wildman–Crippen MR) is 57.6 cm³/mol. The summed E-state index contributed by atoms with van der Waals surface area (Å²) in [4.78, 5) is 4.30. The summed E-state index contributed by atoms with van der Waals surface area (Å²) in [5, 5.41) is 3.09. The molecule has 0 aromatic carbocycles. The lowest BCUT2D eigenvalue weighted by atomic mass is 10.2. The van der Waals surface area contributed by atoms with Crippen LogP contribution in [0.1, 0.15) is 19.5 Å². The largest absolute Gasteiger partial charge is 0.489 e. The molecule has 0 fully saturated rings. The van der Waals surface area contributed by atoms with Gasteiger partial charge in [0, 0.05) is 18.7 Å². The van der Waals surface area contributed by atoms with E-state index in [0.717, 1.165) is 24.4 Å². The van der Waals surface area contributed by atoms with Crippen molar-refractivity contribution in [1.82, 2.24) is 10.3 Å². The number of rotatable bonds is 5. The van der Waals surface area contributed by atoms with Gasteiger partial charge in [-0.3, -0.25) is 4.98 Å². The van der Waals surface area contributed by atoms with E-state index < -0.39 is 0 Å². The summed E-state index contributed by atoms with van der Waals surface area (Å²) in [6.45, 7) is 4.97. The van der Waals surface area contributed by atoms with Crippen LogP contribution < -0.4 is 10.1 Å². The molecule has 0 bridgehead atoms. The minimum atomic E-state index is 0.208. The molecule has 0 saturated heterocycles. The third-order valence-corrected chi connectivity index (χ3v) is 1.80. The summed E-state index contributed by atoms with van der Waals surface area (Å²) < 4.78 is 5.50. The maximum absolute atomic E-state index is 5.50. The number of hydrogen-bond donors (Lipinski definition) is 1. The van der Waals surface area contributed by atoms with E-state index in [4.69, 9.17) is 4.74 Å². The van der Waals surface area contributed by atoms with Gasteiger partial charge >= 0.3 is 0 Å². The number of likely N-dealkylation sites (N-methyl/N-ethyl adjacent to an activating group) is 1. The quantitative estimate of drug-likeness (QED) is 0.773.